The van der Waals surface area contributed by atoms with Crippen molar-refractivity contribution in [2.24, 2.45) is 0 Å². The summed E-state index contributed by atoms with van der Waals surface area (Å²) in [6, 6.07) is 2.45. The van der Waals surface area contributed by atoms with E-state index in [9.17, 15) is 14.9 Å². The molecule has 0 spiro atoms. The van der Waals surface area contributed by atoms with E-state index in [0.29, 0.717) is 25.1 Å². The summed E-state index contributed by atoms with van der Waals surface area (Å²) in [4.78, 5) is 27.5. The second-order valence-corrected chi connectivity index (χ2v) is 21.2. The number of rotatable bonds is 7. The Hall–Kier alpha value is -1.46. The number of hydrogen-bond acceptors (Lipinski definition) is 10. The fourth-order valence-corrected chi connectivity index (χ4v) is 9.88. The minimum absolute atomic E-state index is 0.00298. The molecule has 12 nitrogen and oxygen atoms in total. The standard InChI is InChI=1S/C29H47N4O8PSi/c1-17(2)33-15-21-29(11-12-30,23-25(38-21)40-28(7,8)39-23)41-42(33)20-13-22(32-14-18(3)24(34)31-26(32)35)37-19(20)16-36-43(9,10)27(4,5)6/h14,17,19-23,25H,11,13,15-16H2,1-10H3,(H,31,34,35)/t19-,20+,21-,22-,23+,25-,29+,42?/m1/s1. The zero-order valence-corrected chi connectivity index (χ0v) is 28.9. The average Bonchev–Trinajstić information content (AvgIpc) is 3.52. The van der Waals surface area contributed by atoms with Crippen LogP contribution in [0.1, 0.15) is 73.1 Å². The van der Waals surface area contributed by atoms with E-state index < -0.39 is 70.1 Å². The number of ether oxygens (including phenoxy) is 4. The first-order valence-electron chi connectivity index (χ1n) is 15.1. The molecule has 4 fully saturated rings. The molecule has 0 aromatic carbocycles. The van der Waals surface area contributed by atoms with Crippen LogP contribution in [0.3, 0.4) is 0 Å². The van der Waals surface area contributed by atoms with Crippen molar-refractivity contribution in [1.29, 1.82) is 5.26 Å². The Kier molecular flexibility index (Phi) is 8.73. The first-order valence-corrected chi connectivity index (χ1v) is 19.3. The summed E-state index contributed by atoms with van der Waals surface area (Å²) in [5.74, 6) is -0.867. The zero-order chi connectivity index (χ0) is 31.7. The highest BCUT2D eigenvalue weighted by atomic mass is 31.2. The fourth-order valence-electron chi connectivity index (χ4n) is 6.05. The third-order valence-electron chi connectivity index (χ3n) is 9.56. The van der Waals surface area contributed by atoms with Crippen LogP contribution in [0.15, 0.2) is 15.8 Å². The number of fused-ring (bicyclic) bond motifs is 3. The first kappa shape index (κ1) is 32.9. The maximum absolute atomic E-state index is 12.9. The van der Waals surface area contributed by atoms with Crippen LogP contribution in [0.25, 0.3) is 0 Å². The lowest BCUT2D eigenvalue weighted by Gasteiger charge is -2.51. The van der Waals surface area contributed by atoms with E-state index in [1.54, 1.807) is 13.1 Å². The van der Waals surface area contributed by atoms with Gasteiger partial charge in [-0.1, -0.05) is 20.8 Å². The molecule has 5 heterocycles. The Bertz CT molecular complexity index is 1370. The van der Waals surface area contributed by atoms with Gasteiger partial charge in [0.2, 0.25) is 0 Å². The monoisotopic (exact) mass is 638 g/mol. The van der Waals surface area contributed by atoms with Gasteiger partial charge in [-0.2, -0.15) is 5.26 Å². The Morgan fingerprint density at radius 1 is 1.23 bits per heavy atom. The van der Waals surface area contributed by atoms with Crippen molar-refractivity contribution in [1.82, 2.24) is 14.2 Å². The normalized spacial score (nSPS) is 36.1. The highest BCUT2D eigenvalue weighted by Crippen LogP contribution is 2.64. The van der Waals surface area contributed by atoms with Crippen LogP contribution in [0.4, 0.5) is 0 Å². The van der Waals surface area contributed by atoms with Gasteiger partial charge in [-0.15, -0.1) is 0 Å². The molecule has 1 unspecified atom stereocenters. The van der Waals surface area contributed by atoms with Crippen LogP contribution in [-0.4, -0.2) is 83.4 Å². The van der Waals surface area contributed by atoms with Gasteiger partial charge >= 0.3 is 5.69 Å². The minimum atomic E-state index is -2.14. The third-order valence-corrected chi connectivity index (χ3v) is 16.8. The molecule has 1 aromatic heterocycles. The van der Waals surface area contributed by atoms with Crippen LogP contribution in [-0.2, 0) is 27.9 Å². The van der Waals surface area contributed by atoms with Crippen molar-refractivity contribution in [3.05, 3.63) is 32.6 Å². The summed E-state index contributed by atoms with van der Waals surface area (Å²) < 4.78 is 43.0. The molecule has 4 aliphatic heterocycles. The van der Waals surface area contributed by atoms with Gasteiger partial charge in [-0.25, -0.2) is 4.79 Å². The predicted octanol–water partition coefficient (Wildman–Crippen LogP) is 4.10. The highest BCUT2D eigenvalue weighted by Gasteiger charge is 2.68. The summed E-state index contributed by atoms with van der Waals surface area (Å²) in [5.41, 5.74) is -1.69. The quantitative estimate of drug-likeness (QED) is 0.343. The van der Waals surface area contributed by atoms with Crippen LogP contribution in [0.2, 0.25) is 18.1 Å². The van der Waals surface area contributed by atoms with Gasteiger partial charge in [0.25, 0.3) is 5.56 Å². The molecule has 0 bridgehead atoms. The zero-order valence-electron chi connectivity index (χ0n) is 27.0. The van der Waals surface area contributed by atoms with E-state index in [-0.39, 0.29) is 23.2 Å². The number of nitrogens with one attached hydrogen (secondary N) is 1. The van der Waals surface area contributed by atoms with E-state index in [1.165, 1.54) is 4.57 Å². The summed E-state index contributed by atoms with van der Waals surface area (Å²) in [6.45, 7) is 21.4. The number of nitriles is 1. The molecule has 43 heavy (non-hydrogen) atoms. The van der Waals surface area contributed by atoms with E-state index in [1.807, 2.05) is 13.8 Å². The number of aryl methyl sites for hydroxylation is 1. The van der Waals surface area contributed by atoms with Crippen LogP contribution < -0.4 is 11.2 Å². The molecular formula is C29H47N4O8PSi. The first-order chi connectivity index (χ1) is 19.9. The molecular weight excluding hydrogens is 591 g/mol. The summed E-state index contributed by atoms with van der Waals surface area (Å²) in [5, 5.41) is 10.0. The van der Waals surface area contributed by atoms with Crippen molar-refractivity contribution in [2.75, 3.05) is 13.2 Å². The SMILES string of the molecule is Cc1cn([C@H]2C[C@H](P3O[C@@]4(CC#N)[C@@H](CN3C(C)C)O[C@@H]3OC(C)(C)O[C@@H]34)[C@@H](CO[Si](C)(C)C(C)(C)C)O2)c(=O)[nH]c1=O. The average molecular weight is 639 g/mol. The predicted molar refractivity (Wildman–Crippen MR) is 163 cm³/mol. The van der Waals surface area contributed by atoms with Crippen LogP contribution in [0, 0.1) is 18.3 Å². The molecule has 1 N–H and O–H groups in total. The summed E-state index contributed by atoms with van der Waals surface area (Å²) in [7, 11) is -3.53. The summed E-state index contributed by atoms with van der Waals surface area (Å²) in [6.07, 6.45) is -0.505. The largest absolute Gasteiger partial charge is 0.414 e. The maximum atomic E-state index is 12.9. The second-order valence-electron chi connectivity index (χ2n) is 14.4. The molecule has 5 rings (SSSR count). The minimum Gasteiger partial charge on any atom is -0.414 e. The Balaban J connectivity index is 1.53. The van der Waals surface area contributed by atoms with Crippen molar-refractivity contribution < 1.29 is 27.9 Å². The van der Waals surface area contributed by atoms with Gasteiger partial charge < -0.3 is 27.9 Å². The van der Waals surface area contributed by atoms with E-state index in [0.717, 1.165) is 0 Å². The second kappa shape index (κ2) is 11.4. The van der Waals surface area contributed by atoms with Gasteiger partial charge in [0.15, 0.2) is 20.4 Å². The van der Waals surface area contributed by atoms with Crippen LogP contribution in [0.5, 0.6) is 0 Å². The molecule has 8 atom stereocenters. The lowest BCUT2D eigenvalue weighted by Crippen LogP contribution is -2.59. The van der Waals surface area contributed by atoms with Gasteiger partial charge in [0.05, 0.1) is 30.9 Å². The Morgan fingerprint density at radius 2 is 1.93 bits per heavy atom. The molecule has 4 saturated heterocycles. The maximum Gasteiger partial charge on any atom is 0.330 e. The molecule has 0 radical (unpaired) electrons. The molecule has 1 aromatic rings. The Morgan fingerprint density at radius 3 is 2.56 bits per heavy atom. The van der Waals surface area contributed by atoms with Gasteiger partial charge in [-0.3, -0.25) is 19.0 Å². The molecule has 14 heteroatoms. The van der Waals surface area contributed by atoms with E-state index in [2.05, 4.69) is 63.4 Å². The highest BCUT2D eigenvalue weighted by molar-refractivity contribution is 7.51. The lowest BCUT2D eigenvalue weighted by molar-refractivity contribution is -0.229. The summed E-state index contributed by atoms with van der Waals surface area (Å²) >= 11 is 0. The number of nitrogens with zero attached hydrogens (tertiary/aromatic N) is 3. The third kappa shape index (κ3) is 5.96. The van der Waals surface area contributed by atoms with Crippen molar-refractivity contribution >= 4 is 16.6 Å². The van der Waals surface area contributed by atoms with Crippen molar-refractivity contribution in [3.63, 3.8) is 0 Å². The molecule has 4 aliphatic rings. The van der Waals surface area contributed by atoms with Gasteiger partial charge in [-0.05, 0) is 52.8 Å². The van der Waals surface area contributed by atoms with E-state index in [4.69, 9.17) is 27.9 Å². The Labute approximate surface area is 255 Å². The van der Waals surface area contributed by atoms with Gasteiger partial charge in [0.1, 0.15) is 32.3 Å². The van der Waals surface area contributed by atoms with Crippen LogP contribution >= 0.6 is 8.30 Å². The van der Waals surface area contributed by atoms with E-state index >= 15 is 0 Å². The number of H-pyrrole nitrogens is 1. The number of aromatic amines is 1. The molecule has 0 aliphatic carbocycles. The molecule has 0 saturated carbocycles. The number of aromatic nitrogens is 2. The van der Waals surface area contributed by atoms with Gasteiger partial charge in [0, 0.05) is 30.8 Å². The fraction of sp³-hybridized carbons (Fsp3) is 0.828. The number of hydrogen-bond donors (Lipinski definition) is 1. The smallest absolute Gasteiger partial charge is 0.330 e. The van der Waals surface area contributed by atoms with Crippen molar-refractivity contribution in [2.45, 2.75) is 140 Å². The van der Waals surface area contributed by atoms with Crippen molar-refractivity contribution in [3.8, 4) is 6.07 Å². The molecule has 0 amide bonds. The topological polar surface area (TPSA) is 137 Å². The lowest BCUT2D eigenvalue weighted by atomic mass is 9.89. The molecule has 240 valence electrons.